The van der Waals surface area contributed by atoms with Crippen molar-refractivity contribution in [3.63, 3.8) is 0 Å². The number of halogens is 1. The van der Waals surface area contributed by atoms with Gasteiger partial charge in [-0.05, 0) is 57.4 Å². The normalized spacial score (nSPS) is 14.1. The molecule has 2 heterocycles. The second-order valence-corrected chi connectivity index (χ2v) is 6.61. The Balaban J connectivity index is 2.10. The van der Waals surface area contributed by atoms with Crippen LogP contribution in [0.2, 0.25) is 5.02 Å². The fourth-order valence-corrected chi connectivity index (χ4v) is 3.50. The molecule has 0 spiro atoms. The number of carbonyl (C=O) groups is 1. The van der Waals surface area contributed by atoms with Crippen molar-refractivity contribution in [1.29, 1.82) is 0 Å². The molecule has 2 aromatic rings. The molecule has 0 atom stereocenters. The molecule has 0 unspecified atom stereocenters. The van der Waals surface area contributed by atoms with Crippen molar-refractivity contribution in [1.82, 2.24) is 14.5 Å². The van der Waals surface area contributed by atoms with Crippen LogP contribution < -0.4 is 0 Å². The number of imidazole rings is 1. The molecule has 0 radical (unpaired) electrons. The molecule has 1 amide bonds. The molecule has 4 nitrogen and oxygen atoms in total. The van der Waals surface area contributed by atoms with Crippen LogP contribution in [0.4, 0.5) is 0 Å². The smallest absolute Gasteiger partial charge is 0.274 e. The highest BCUT2D eigenvalue weighted by Crippen LogP contribution is 2.28. The maximum Gasteiger partial charge on any atom is 0.274 e. The van der Waals surface area contributed by atoms with Gasteiger partial charge in [-0.2, -0.15) is 0 Å². The molecule has 128 valence electrons. The molecule has 24 heavy (non-hydrogen) atoms. The summed E-state index contributed by atoms with van der Waals surface area (Å²) in [5.74, 6) is 0.935. The number of amides is 1. The van der Waals surface area contributed by atoms with Crippen molar-refractivity contribution in [3.05, 3.63) is 40.7 Å². The summed E-state index contributed by atoms with van der Waals surface area (Å²) < 4.78 is 2.24. The molecule has 1 aliphatic heterocycles. The molecule has 0 fully saturated rings. The van der Waals surface area contributed by atoms with Gasteiger partial charge in [-0.15, -0.1) is 0 Å². The van der Waals surface area contributed by atoms with E-state index in [9.17, 15) is 4.79 Å². The van der Waals surface area contributed by atoms with E-state index in [0.717, 1.165) is 42.9 Å². The van der Waals surface area contributed by atoms with Gasteiger partial charge in [-0.25, -0.2) is 4.98 Å². The predicted octanol–water partition coefficient (Wildman–Crippen LogP) is 4.41. The first kappa shape index (κ1) is 17.0. The van der Waals surface area contributed by atoms with Crippen LogP contribution in [0, 0.1) is 0 Å². The van der Waals surface area contributed by atoms with Crippen LogP contribution in [0.25, 0.3) is 11.4 Å². The molecule has 0 bridgehead atoms. The van der Waals surface area contributed by atoms with E-state index < -0.39 is 0 Å². The van der Waals surface area contributed by atoms with Crippen molar-refractivity contribution >= 4 is 17.5 Å². The van der Waals surface area contributed by atoms with Crippen molar-refractivity contribution in [3.8, 4) is 11.4 Å². The maximum absolute atomic E-state index is 12.9. The third-order valence-corrected chi connectivity index (χ3v) is 4.98. The Kier molecular flexibility index (Phi) is 5.24. The number of fused-ring (bicyclic) bond motifs is 1. The van der Waals surface area contributed by atoms with Crippen molar-refractivity contribution < 1.29 is 4.79 Å². The van der Waals surface area contributed by atoms with Gasteiger partial charge in [0, 0.05) is 30.2 Å². The summed E-state index contributed by atoms with van der Waals surface area (Å²) >= 11 is 6.02. The number of rotatable bonds is 4. The van der Waals surface area contributed by atoms with E-state index in [-0.39, 0.29) is 5.91 Å². The molecule has 1 aromatic heterocycles. The zero-order chi connectivity index (χ0) is 17.1. The molecule has 1 aromatic carbocycles. The van der Waals surface area contributed by atoms with Crippen LogP contribution in [-0.2, 0) is 13.0 Å². The van der Waals surface area contributed by atoms with Crippen molar-refractivity contribution in [2.24, 2.45) is 0 Å². The number of aromatic nitrogens is 2. The highest BCUT2D eigenvalue weighted by atomic mass is 35.5. The first-order valence-electron chi connectivity index (χ1n) is 8.80. The molecule has 5 heteroatoms. The van der Waals surface area contributed by atoms with E-state index in [2.05, 4.69) is 4.57 Å². The highest BCUT2D eigenvalue weighted by molar-refractivity contribution is 6.30. The van der Waals surface area contributed by atoms with Gasteiger partial charge < -0.3 is 9.47 Å². The molecular weight excluding hydrogens is 322 g/mol. The Morgan fingerprint density at radius 2 is 1.88 bits per heavy atom. The Bertz CT molecular complexity index is 717. The van der Waals surface area contributed by atoms with Gasteiger partial charge in [0.2, 0.25) is 0 Å². The minimum Gasteiger partial charge on any atom is -0.338 e. The van der Waals surface area contributed by atoms with Gasteiger partial charge in [-0.1, -0.05) is 18.0 Å². The van der Waals surface area contributed by atoms with E-state index in [0.29, 0.717) is 23.8 Å². The van der Waals surface area contributed by atoms with Gasteiger partial charge in [0.15, 0.2) is 0 Å². The van der Waals surface area contributed by atoms with E-state index in [1.165, 1.54) is 6.42 Å². The fraction of sp³-hybridized carbons (Fsp3) is 0.474. The van der Waals surface area contributed by atoms with Crippen LogP contribution >= 0.6 is 11.6 Å². The van der Waals surface area contributed by atoms with Crippen molar-refractivity contribution in [2.75, 3.05) is 13.1 Å². The average Bonchev–Trinajstić information content (AvgIpc) is 2.78. The lowest BCUT2D eigenvalue weighted by Crippen LogP contribution is -2.31. The molecule has 3 rings (SSSR count). The van der Waals surface area contributed by atoms with E-state index in [4.69, 9.17) is 16.6 Å². The summed E-state index contributed by atoms with van der Waals surface area (Å²) in [7, 11) is 0. The quantitative estimate of drug-likeness (QED) is 0.823. The largest absolute Gasteiger partial charge is 0.338 e. The van der Waals surface area contributed by atoms with Crippen LogP contribution in [0.3, 0.4) is 0 Å². The Labute approximate surface area is 148 Å². The molecule has 0 saturated heterocycles. The first-order valence-corrected chi connectivity index (χ1v) is 9.18. The van der Waals surface area contributed by atoms with Gasteiger partial charge in [0.25, 0.3) is 5.91 Å². The van der Waals surface area contributed by atoms with Crippen LogP contribution in [-0.4, -0.2) is 33.4 Å². The van der Waals surface area contributed by atoms with Crippen LogP contribution in [0.1, 0.15) is 49.3 Å². The molecule has 0 aliphatic carbocycles. The lowest BCUT2D eigenvalue weighted by molar-refractivity contribution is 0.0766. The number of nitrogens with zero attached hydrogens (tertiary/aromatic N) is 3. The van der Waals surface area contributed by atoms with Gasteiger partial charge in [0.1, 0.15) is 11.5 Å². The van der Waals surface area contributed by atoms with Gasteiger partial charge in [-0.3, -0.25) is 4.79 Å². The lowest BCUT2D eigenvalue weighted by atomic mass is 10.1. The predicted molar refractivity (Wildman–Crippen MR) is 97.5 cm³/mol. The van der Waals surface area contributed by atoms with E-state index >= 15 is 0 Å². The summed E-state index contributed by atoms with van der Waals surface area (Å²) in [6, 6.07) is 7.71. The topological polar surface area (TPSA) is 38.1 Å². The van der Waals surface area contributed by atoms with E-state index in [1.807, 2.05) is 43.0 Å². The Hall–Kier alpha value is -1.81. The summed E-state index contributed by atoms with van der Waals surface area (Å²) in [6.45, 7) is 6.36. The molecule has 0 saturated carbocycles. The zero-order valence-corrected chi connectivity index (χ0v) is 15.1. The van der Waals surface area contributed by atoms with Crippen LogP contribution in [0.5, 0.6) is 0 Å². The Morgan fingerprint density at radius 1 is 1.17 bits per heavy atom. The van der Waals surface area contributed by atoms with Gasteiger partial charge in [0.05, 0.1) is 5.69 Å². The fourth-order valence-electron chi connectivity index (χ4n) is 3.37. The second-order valence-electron chi connectivity index (χ2n) is 6.18. The number of benzene rings is 1. The average molecular weight is 346 g/mol. The third kappa shape index (κ3) is 3.20. The van der Waals surface area contributed by atoms with Crippen molar-refractivity contribution in [2.45, 2.75) is 46.1 Å². The minimum atomic E-state index is 0.0471. The zero-order valence-electron chi connectivity index (χ0n) is 14.4. The maximum atomic E-state index is 12.9. The van der Waals surface area contributed by atoms with Crippen LogP contribution in [0.15, 0.2) is 24.3 Å². The van der Waals surface area contributed by atoms with Gasteiger partial charge >= 0.3 is 0 Å². The molecule has 1 aliphatic rings. The summed E-state index contributed by atoms with van der Waals surface area (Å²) in [5.41, 5.74) is 2.74. The monoisotopic (exact) mass is 345 g/mol. The highest BCUT2D eigenvalue weighted by Gasteiger charge is 2.26. The standard InChI is InChI=1S/C19H24ClN3O/c1-3-22(4-2)19(24)17-16-8-6-5-7-13-23(16)18(21-17)14-9-11-15(20)12-10-14/h9-12H,3-8,13H2,1-2H3. The summed E-state index contributed by atoms with van der Waals surface area (Å²) in [4.78, 5) is 19.5. The third-order valence-electron chi connectivity index (χ3n) is 4.72. The minimum absolute atomic E-state index is 0.0471. The summed E-state index contributed by atoms with van der Waals surface area (Å²) in [5, 5.41) is 0.709. The second kappa shape index (κ2) is 7.39. The number of carbonyl (C=O) groups excluding carboxylic acids is 1. The SMILES string of the molecule is CCN(CC)C(=O)c1nc(-c2ccc(Cl)cc2)n2c1CCCCC2. The molecule has 0 N–H and O–H groups in total. The summed E-state index contributed by atoms with van der Waals surface area (Å²) in [6.07, 6.45) is 4.36. The number of hydrogen-bond donors (Lipinski definition) is 0. The lowest BCUT2D eigenvalue weighted by Gasteiger charge is -2.18. The van der Waals surface area contributed by atoms with E-state index in [1.54, 1.807) is 0 Å². The number of hydrogen-bond acceptors (Lipinski definition) is 2. The first-order chi connectivity index (χ1) is 11.7. The Morgan fingerprint density at radius 3 is 2.54 bits per heavy atom. The molecular formula is C19H24ClN3O.